The highest BCUT2D eigenvalue weighted by atomic mass is 35.5. The van der Waals surface area contributed by atoms with E-state index in [1.807, 2.05) is 6.92 Å². The van der Waals surface area contributed by atoms with Crippen LogP contribution in [0.2, 0.25) is 15.1 Å². The zero-order valence-corrected chi connectivity index (χ0v) is 22.3. The molecule has 2 amide bonds. The van der Waals surface area contributed by atoms with Crippen LogP contribution in [0.15, 0.2) is 42.5 Å². The average molecular weight is 549 g/mol. The second kappa shape index (κ2) is 12.6. The van der Waals surface area contributed by atoms with Gasteiger partial charge in [0, 0.05) is 41.6 Å². The maximum Gasteiger partial charge on any atom is 0.242 e. The molecule has 11 heteroatoms. The number of hydrogen-bond donors (Lipinski definition) is 1. The molecule has 2 aromatic carbocycles. The van der Waals surface area contributed by atoms with Crippen LogP contribution < -0.4 is 9.62 Å². The predicted octanol–water partition coefficient (Wildman–Crippen LogP) is 4.75. The number of carbonyl (C=O) groups excluding carboxylic acids is 2. The molecule has 0 saturated carbocycles. The van der Waals surface area contributed by atoms with Crippen LogP contribution in [-0.4, -0.2) is 51.0 Å². The Morgan fingerprint density at radius 1 is 1.06 bits per heavy atom. The third kappa shape index (κ3) is 7.77. The molecule has 1 unspecified atom stereocenters. The maximum atomic E-state index is 13.3. The number of likely N-dealkylation sites (N-methyl/N-ethyl adjacent to an activating group) is 1. The second-order valence-electron chi connectivity index (χ2n) is 7.71. The molecule has 0 spiro atoms. The lowest BCUT2D eigenvalue weighted by atomic mass is 10.1. The predicted molar refractivity (Wildman–Crippen MR) is 138 cm³/mol. The number of halogens is 3. The quantitative estimate of drug-likeness (QED) is 0.439. The van der Waals surface area contributed by atoms with Gasteiger partial charge in [-0.25, -0.2) is 8.42 Å². The van der Waals surface area contributed by atoms with E-state index in [4.69, 9.17) is 34.8 Å². The van der Waals surface area contributed by atoms with Crippen LogP contribution in [-0.2, 0) is 26.2 Å². The molecule has 0 aliphatic carbocycles. The molecule has 0 bridgehead atoms. The van der Waals surface area contributed by atoms with Crippen molar-refractivity contribution >= 4 is 62.3 Å². The van der Waals surface area contributed by atoms with Crippen molar-refractivity contribution in [1.82, 2.24) is 10.2 Å². The molecule has 0 aliphatic rings. The van der Waals surface area contributed by atoms with E-state index < -0.39 is 16.1 Å². The van der Waals surface area contributed by atoms with Gasteiger partial charge in [-0.1, -0.05) is 53.9 Å². The molecule has 34 heavy (non-hydrogen) atoms. The number of nitrogens with zero attached hydrogens (tertiary/aromatic N) is 2. The normalized spacial score (nSPS) is 12.2. The second-order valence-corrected chi connectivity index (χ2v) is 10.9. The van der Waals surface area contributed by atoms with Crippen LogP contribution >= 0.6 is 34.8 Å². The Kier molecular flexibility index (Phi) is 10.5. The largest absolute Gasteiger partial charge is 0.357 e. The number of rotatable bonds is 11. The lowest BCUT2D eigenvalue weighted by molar-refractivity contribution is -0.141. The van der Waals surface area contributed by atoms with Crippen LogP contribution in [0.1, 0.15) is 31.7 Å². The maximum absolute atomic E-state index is 13.3. The minimum atomic E-state index is -3.59. The van der Waals surface area contributed by atoms with Crippen LogP contribution in [0.25, 0.3) is 0 Å². The number of anilines is 1. The van der Waals surface area contributed by atoms with Crippen molar-refractivity contribution in [2.24, 2.45) is 0 Å². The van der Waals surface area contributed by atoms with Crippen molar-refractivity contribution in [2.45, 2.75) is 38.8 Å². The highest BCUT2D eigenvalue weighted by Gasteiger charge is 2.28. The zero-order valence-electron chi connectivity index (χ0n) is 19.2. The van der Waals surface area contributed by atoms with Gasteiger partial charge in [0.1, 0.15) is 6.04 Å². The van der Waals surface area contributed by atoms with Gasteiger partial charge in [-0.05, 0) is 48.7 Å². The van der Waals surface area contributed by atoms with E-state index in [9.17, 15) is 18.0 Å². The summed E-state index contributed by atoms with van der Waals surface area (Å²) in [6.45, 7) is 2.01. The molecule has 0 aliphatic heterocycles. The van der Waals surface area contributed by atoms with E-state index in [2.05, 4.69) is 5.32 Å². The first-order chi connectivity index (χ1) is 16.0. The molecule has 186 valence electrons. The van der Waals surface area contributed by atoms with Crippen molar-refractivity contribution in [3.63, 3.8) is 0 Å². The van der Waals surface area contributed by atoms with E-state index in [0.29, 0.717) is 32.7 Å². The van der Waals surface area contributed by atoms with E-state index in [1.165, 1.54) is 16.3 Å². The molecule has 1 N–H and O–H groups in total. The van der Waals surface area contributed by atoms with Crippen LogP contribution in [0.5, 0.6) is 0 Å². The van der Waals surface area contributed by atoms with E-state index in [-0.39, 0.29) is 37.7 Å². The van der Waals surface area contributed by atoms with Crippen molar-refractivity contribution in [3.8, 4) is 0 Å². The average Bonchev–Trinajstić information content (AvgIpc) is 2.76. The minimum Gasteiger partial charge on any atom is -0.357 e. The number of benzene rings is 2. The zero-order chi connectivity index (χ0) is 25.5. The number of hydrogen-bond acceptors (Lipinski definition) is 4. The van der Waals surface area contributed by atoms with Crippen molar-refractivity contribution in [1.29, 1.82) is 0 Å². The fraction of sp³-hybridized carbons (Fsp3) is 0.391. The topological polar surface area (TPSA) is 86.8 Å². The molecule has 0 radical (unpaired) electrons. The standard InChI is InChI=1S/C23H28Cl3N3O4S/c1-4-21(23(31)27-2)28(15-16-10-11-18(25)14-20(16)26)22(30)9-6-12-29(34(3,32)33)19-8-5-7-17(24)13-19/h5,7-8,10-11,13-14,21H,4,6,9,12,15H2,1-3H3,(H,27,31). The summed E-state index contributed by atoms with van der Waals surface area (Å²) in [7, 11) is -2.08. The fourth-order valence-corrected chi connectivity index (χ4v) is 5.16. The van der Waals surface area contributed by atoms with Crippen LogP contribution in [0.4, 0.5) is 5.69 Å². The van der Waals surface area contributed by atoms with Gasteiger partial charge in [-0.2, -0.15) is 0 Å². The van der Waals surface area contributed by atoms with Gasteiger partial charge < -0.3 is 10.2 Å². The van der Waals surface area contributed by atoms with Crippen molar-refractivity contribution in [3.05, 3.63) is 63.1 Å². The van der Waals surface area contributed by atoms with Crippen LogP contribution in [0.3, 0.4) is 0 Å². The summed E-state index contributed by atoms with van der Waals surface area (Å²) in [5.41, 5.74) is 1.07. The molecule has 0 aromatic heterocycles. The van der Waals surface area contributed by atoms with Gasteiger partial charge in [0.15, 0.2) is 0 Å². The molecule has 2 rings (SSSR count). The Labute approximate surface area is 216 Å². The van der Waals surface area contributed by atoms with Crippen molar-refractivity contribution < 1.29 is 18.0 Å². The Bertz CT molecular complexity index is 1130. The lowest BCUT2D eigenvalue weighted by Gasteiger charge is -2.31. The summed E-state index contributed by atoms with van der Waals surface area (Å²) >= 11 is 18.3. The smallest absolute Gasteiger partial charge is 0.242 e. The summed E-state index contributed by atoms with van der Waals surface area (Å²) in [4.78, 5) is 27.2. The summed E-state index contributed by atoms with van der Waals surface area (Å²) in [5, 5.41) is 3.86. The number of carbonyl (C=O) groups is 2. The van der Waals surface area contributed by atoms with Gasteiger partial charge in [0.25, 0.3) is 0 Å². The summed E-state index contributed by atoms with van der Waals surface area (Å²) < 4.78 is 25.9. The van der Waals surface area contributed by atoms with Gasteiger partial charge in [0.2, 0.25) is 21.8 Å². The molecule has 0 heterocycles. The van der Waals surface area contributed by atoms with Gasteiger partial charge >= 0.3 is 0 Å². The Balaban J connectivity index is 2.22. The minimum absolute atomic E-state index is 0.0330. The first kappa shape index (κ1) is 28.2. The fourth-order valence-electron chi connectivity index (χ4n) is 3.55. The number of nitrogens with one attached hydrogen (secondary N) is 1. The van der Waals surface area contributed by atoms with Gasteiger partial charge in [-0.3, -0.25) is 13.9 Å². The monoisotopic (exact) mass is 547 g/mol. The third-order valence-electron chi connectivity index (χ3n) is 5.24. The third-order valence-corrected chi connectivity index (χ3v) is 7.25. The number of sulfonamides is 1. The molecular weight excluding hydrogens is 521 g/mol. The highest BCUT2D eigenvalue weighted by molar-refractivity contribution is 7.92. The molecule has 0 fully saturated rings. The Morgan fingerprint density at radius 2 is 1.74 bits per heavy atom. The Hall–Kier alpha value is -2.00. The summed E-state index contributed by atoms with van der Waals surface area (Å²) in [6.07, 6.45) is 1.77. The van der Waals surface area contributed by atoms with Crippen molar-refractivity contribution in [2.75, 3.05) is 24.2 Å². The highest BCUT2D eigenvalue weighted by Crippen LogP contribution is 2.25. The molecule has 0 saturated heterocycles. The van der Waals surface area contributed by atoms with E-state index in [0.717, 1.165) is 6.26 Å². The lowest BCUT2D eigenvalue weighted by Crippen LogP contribution is -2.48. The first-order valence-electron chi connectivity index (χ1n) is 10.7. The number of amides is 2. The summed E-state index contributed by atoms with van der Waals surface area (Å²) in [5.74, 6) is -0.585. The molecule has 7 nitrogen and oxygen atoms in total. The van der Waals surface area contributed by atoms with Gasteiger partial charge in [0.05, 0.1) is 11.9 Å². The Morgan fingerprint density at radius 3 is 2.29 bits per heavy atom. The summed E-state index contributed by atoms with van der Waals surface area (Å²) in [6, 6.07) is 10.8. The van der Waals surface area contributed by atoms with Gasteiger partial charge in [-0.15, -0.1) is 0 Å². The molecule has 1 atom stereocenters. The van der Waals surface area contributed by atoms with E-state index in [1.54, 1.807) is 42.5 Å². The molecule has 2 aromatic rings. The van der Waals surface area contributed by atoms with Crippen LogP contribution in [0, 0.1) is 0 Å². The first-order valence-corrected chi connectivity index (χ1v) is 13.6. The van der Waals surface area contributed by atoms with E-state index >= 15 is 0 Å². The SMILES string of the molecule is CCC(C(=O)NC)N(Cc1ccc(Cl)cc1Cl)C(=O)CCCN(c1cccc(Cl)c1)S(C)(=O)=O. The molecular formula is C23H28Cl3N3O4S.